The first-order valence-corrected chi connectivity index (χ1v) is 6.12. The number of non-ortho nitro benzene ring substituents is 1. The predicted molar refractivity (Wildman–Crippen MR) is 72.9 cm³/mol. The number of hydrogen-bond donors (Lipinski definition) is 1. The third kappa shape index (κ3) is 3.92. The van der Waals surface area contributed by atoms with Crippen LogP contribution in [0, 0.1) is 10.1 Å². The van der Waals surface area contributed by atoms with Gasteiger partial charge in [-0.15, -0.1) is 0 Å². The minimum atomic E-state index is -0.548. The number of aliphatic hydroxyl groups excluding tert-OH is 1. The maximum absolute atomic E-state index is 12.2. The van der Waals surface area contributed by atoms with E-state index in [4.69, 9.17) is 4.74 Å². The summed E-state index contributed by atoms with van der Waals surface area (Å²) in [5, 5.41) is 19.9. The molecular weight excluding hydrogens is 264 g/mol. The van der Waals surface area contributed by atoms with Crippen molar-refractivity contribution >= 4 is 11.6 Å². The average molecular weight is 282 g/mol. The Bertz CT molecular complexity index is 502. The first-order valence-electron chi connectivity index (χ1n) is 6.12. The highest BCUT2D eigenvalue weighted by Crippen LogP contribution is 2.25. The molecule has 0 fully saturated rings. The first-order chi connectivity index (χ1) is 9.36. The van der Waals surface area contributed by atoms with Crippen molar-refractivity contribution in [2.24, 2.45) is 0 Å². The zero-order valence-corrected chi connectivity index (χ0v) is 11.7. The lowest BCUT2D eigenvalue weighted by atomic mass is 10.1. The van der Waals surface area contributed by atoms with E-state index in [1.54, 1.807) is 14.0 Å². The van der Waals surface area contributed by atoms with Crippen LogP contribution in [0.4, 0.5) is 5.69 Å². The van der Waals surface area contributed by atoms with E-state index < -0.39 is 11.0 Å². The zero-order chi connectivity index (χ0) is 15.3. The predicted octanol–water partition coefficient (Wildman–Crippen LogP) is 1.45. The smallest absolute Gasteiger partial charge is 0.273 e. The van der Waals surface area contributed by atoms with Crippen LogP contribution in [0.3, 0.4) is 0 Å². The molecule has 1 rings (SSSR count). The minimum absolute atomic E-state index is 0.134. The summed E-state index contributed by atoms with van der Waals surface area (Å²) in [6.07, 6.45) is -0.0404. The van der Waals surface area contributed by atoms with Gasteiger partial charge >= 0.3 is 0 Å². The van der Waals surface area contributed by atoms with Crippen molar-refractivity contribution in [3.63, 3.8) is 0 Å². The molecule has 0 aliphatic rings. The Kier molecular flexibility index (Phi) is 5.45. The van der Waals surface area contributed by atoms with E-state index in [9.17, 15) is 20.0 Å². The summed E-state index contributed by atoms with van der Waals surface area (Å²) in [5.74, 6) is -0.148. The van der Waals surface area contributed by atoms with Gasteiger partial charge in [-0.1, -0.05) is 0 Å². The van der Waals surface area contributed by atoms with Gasteiger partial charge in [0.2, 0.25) is 0 Å². The molecule has 0 aliphatic carbocycles. The number of methoxy groups -OCH3 is 1. The fraction of sp³-hybridized carbons (Fsp3) is 0.462. The quantitative estimate of drug-likeness (QED) is 0.629. The molecule has 0 aliphatic heterocycles. The lowest BCUT2D eigenvalue weighted by Gasteiger charge is -2.19. The minimum Gasteiger partial charge on any atom is -0.496 e. The SMILES string of the molecule is COc1cc([N+](=O)[O-])ccc1C(=O)N(C)CCC(C)O. The lowest BCUT2D eigenvalue weighted by Crippen LogP contribution is -2.29. The number of carbonyl (C=O) groups excluding carboxylic acids is 1. The average Bonchev–Trinajstić information content (AvgIpc) is 2.42. The van der Waals surface area contributed by atoms with Crippen molar-refractivity contribution in [3.8, 4) is 5.75 Å². The molecule has 0 heterocycles. The second kappa shape index (κ2) is 6.85. The zero-order valence-electron chi connectivity index (χ0n) is 11.7. The highest BCUT2D eigenvalue weighted by atomic mass is 16.6. The van der Waals surface area contributed by atoms with Crippen LogP contribution in [0.15, 0.2) is 18.2 Å². The van der Waals surface area contributed by atoms with E-state index in [1.807, 2.05) is 0 Å². The number of ether oxygens (including phenoxy) is 1. The number of nitro benzene ring substituents is 1. The number of nitro groups is 1. The van der Waals surface area contributed by atoms with Gasteiger partial charge in [0.05, 0.1) is 29.8 Å². The molecule has 1 aromatic rings. The molecule has 0 bridgehead atoms. The number of benzene rings is 1. The summed E-state index contributed by atoms with van der Waals surface area (Å²) in [6.45, 7) is 2.03. The second-order valence-corrected chi connectivity index (χ2v) is 4.51. The van der Waals surface area contributed by atoms with Crippen molar-refractivity contribution in [2.75, 3.05) is 20.7 Å². The van der Waals surface area contributed by atoms with Gasteiger partial charge in [-0.05, 0) is 19.4 Å². The third-order valence-electron chi connectivity index (χ3n) is 2.86. The molecule has 0 saturated carbocycles. The van der Waals surface area contributed by atoms with Crippen molar-refractivity contribution in [2.45, 2.75) is 19.4 Å². The van der Waals surface area contributed by atoms with E-state index in [1.165, 1.54) is 30.2 Å². The number of nitrogens with zero attached hydrogens (tertiary/aromatic N) is 2. The van der Waals surface area contributed by atoms with Gasteiger partial charge in [0.25, 0.3) is 11.6 Å². The van der Waals surface area contributed by atoms with Crippen LogP contribution in [0.2, 0.25) is 0 Å². The molecule has 1 amide bonds. The standard InChI is InChI=1S/C13H18N2O5/c1-9(16)6-7-14(2)13(17)11-5-4-10(15(18)19)8-12(11)20-3/h4-5,8-9,16H,6-7H2,1-3H3. The van der Waals surface area contributed by atoms with Crippen LogP contribution in [-0.4, -0.2) is 47.6 Å². The van der Waals surface area contributed by atoms with Crippen LogP contribution >= 0.6 is 0 Å². The van der Waals surface area contributed by atoms with E-state index in [-0.39, 0.29) is 22.9 Å². The van der Waals surface area contributed by atoms with Crippen molar-refractivity contribution in [3.05, 3.63) is 33.9 Å². The molecule has 1 atom stereocenters. The number of hydrogen-bond acceptors (Lipinski definition) is 5. The summed E-state index contributed by atoms with van der Waals surface area (Å²) in [6, 6.07) is 3.85. The molecule has 1 aromatic carbocycles. The van der Waals surface area contributed by atoms with Gasteiger partial charge in [-0.2, -0.15) is 0 Å². The molecule has 1 unspecified atom stereocenters. The van der Waals surface area contributed by atoms with Crippen LogP contribution in [-0.2, 0) is 0 Å². The van der Waals surface area contributed by atoms with Crippen LogP contribution in [0.5, 0.6) is 5.75 Å². The Hall–Kier alpha value is -2.15. The van der Waals surface area contributed by atoms with Crippen molar-refractivity contribution in [1.82, 2.24) is 4.90 Å². The Balaban J connectivity index is 2.94. The molecule has 20 heavy (non-hydrogen) atoms. The summed E-state index contributed by atoms with van der Waals surface area (Å²) in [7, 11) is 2.96. The molecule has 0 radical (unpaired) electrons. The van der Waals surface area contributed by atoms with Gasteiger partial charge in [0.1, 0.15) is 5.75 Å². The molecule has 1 N–H and O–H groups in total. The Morgan fingerprint density at radius 1 is 1.55 bits per heavy atom. The maximum atomic E-state index is 12.2. The van der Waals surface area contributed by atoms with Crippen molar-refractivity contribution in [1.29, 1.82) is 0 Å². The Labute approximate surface area is 116 Å². The van der Waals surface area contributed by atoms with Crippen LogP contribution in [0.25, 0.3) is 0 Å². The van der Waals surface area contributed by atoms with E-state index in [2.05, 4.69) is 0 Å². The summed E-state index contributed by atoms with van der Waals surface area (Å²) < 4.78 is 5.03. The monoisotopic (exact) mass is 282 g/mol. The number of aliphatic hydroxyl groups is 1. The summed E-state index contributed by atoms with van der Waals surface area (Å²) >= 11 is 0. The lowest BCUT2D eigenvalue weighted by molar-refractivity contribution is -0.384. The molecule has 110 valence electrons. The highest BCUT2D eigenvalue weighted by Gasteiger charge is 2.19. The molecular formula is C13H18N2O5. The number of amides is 1. The van der Waals surface area contributed by atoms with E-state index in [0.717, 1.165) is 0 Å². The normalized spacial score (nSPS) is 11.8. The molecule has 0 aromatic heterocycles. The second-order valence-electron chi connectivity index (χ2n) is 4.51. The molecule has 7 heteroatoms. The van der Waals surface area contributed by atoms with Gasteiger partial charge in [-0.3, -0.25) is 14.9 Å². The first kappa shape index (κ1) is 15.9. The highest BCUT2D eigenvalue weighted by molar-refractivity contribution is 5.97. The number of carbonyl (C=O) groups is 1. The Morgan fingerprint density at radius 2 is 2.20 bits per heavy atom. The van der Waals surface area contributed by atoms with E-state index >= 15 is 0 Å². The Morgan fingerprint density at radius 3 is 2.70 bits per heavy atom. The molecule has 0 spiro atoms. The number of rotatable bonds is 6. The fourth-order valence-electron chi connectivity index (χ4n) is 1.66. The van der Waals surface area contributed by atoms with Gasteiger partial charge in [0.15, 0.2) is 0 Å². The van der Waals surface area contributed by atoms with Gasteiger partial charge in [-0.25, -0.2) is 0 Å². The fourth-order valence-corrected chi connectivity index (χ4v) is 1.66. The van der Waals surface area contributed by atoms with E-state index in [0.29, 0.717) is 13.0 Å². The summed E-state index contributed by atoms with van der Waals surface area (Å²) in [5.41, 5.74) is 0.122. The van der Waals surface area contributed by atoms with Gasteiger partial charge < -0.3 is 14.7 Å². The largest absolute Gasteiger partial charge is 0.496 e. The molecule has 7 nitrogen and oxygen atoms in total. The van der Waals surface area contributed by atoms with Gasteiger partial charge in [0, 0.05) is 19.7 Å². The topological polar surface area (TPSA) is 92.9 Å². The van der Waals surface area contributed by atoms with Crippen LogP contribution < -0.4 is 4.74 Å². The van der Waals surface area contributed by atoms with Crippen LogP contribution in [0.1, 0.15) is 23.7 Å². The third-order valence-corrected chi connectivity index (χ3v) is 2.86. The summed E-state index contributed by atoms with van der Waals surface area (Å²) in [4.78, 5) is 23.8. The maximum Gasteiger partial charge on any atom is 0.273 e. The molecule has 0 saturated heterocycles. The van der Waals surface area contributed by atoms with Crippen molar-refractivity contribution < 1.29 is 19.6 Å².